The highest BCUT2D eigenvalue weighted by Gasteiger charge is 2.20. The van der Waals surface area contributed by atoms with Crippen LogP contribution in [0.4, 0.5) is 0 Å². The van der Waals surface area contributed by atoms with E-state index < -0.39 is 0 Å². The molecule has 0 aliphatic carbocycles. The zero-order chi connectivity index (χ0) is 11.4. The number of rotatable bonds is 2. The smallest absolute Gasteiger partial charge is 0.227 e. The molecule has 2 heterocycles. The van der Waals surface area contributed by atoms with Crippen LogP contribution in [0.3, 0.4) is 0 Å². The third-order valence-corrected chi connectivity index (χ3v) is 2.83. The maximum absolute atomic E-state index is 12.0. The summed E-state index contributed by atoms with van der Waals surface area (Å²) in [5.41, 5.74) is 1.03. The highest BCUT2D eigenvalue weighted by Crippen LogP contribution is 2.04. The molecule has 16 heavy (non-hydrogen) atoms. The van der Waals surface area contributed by atoms with Gasteiger partial charge in [-0.2, -0.15) is 0 Å². The molecule has 1 aromatic heterocycles. The van der Waals surface area contributed by atoms with Crippen LogP contribution in [0, 0.1) is 0 Å². The van der Waals surface area contributed by atoms with Crippen LogP contribution in [0.25, 0.3) is 0 Å². The van der Waals surface area contributed by atoms with Gasteiger partial charge in [-0.1, -0.05) is 0 Å². The van der Waals surface area contributed by atoms with Crippen molar-refractivity contribution in [1.29, 1.82) is 0 Å². The van der Waals surface area contributed by atoms with Crippen LogP contribution in [0.1, 0.15) is 12.5 Å². The molecule has 1 N–H and O–H groups in total. The zero-order valence-corrected chi connectivity index (χ0v) is 9.52. The van der Waals surface area contributed by atoms with Crippen molar-refractivity contribution in [1.82, 2.24) is 15.2 Å². The molecule has 2 rings (SSSR count). The number of piperazine rings is 1. The second-order valence-corrected chi connectivity index (χ2v) is 4.23. The van der Waals surface area contributed by atoms with E-state index in [1.54, 1.807) is 12.4 Å². The lowest BCUT2D eigenvalue weighted by atomic mass is 10.1. The van der Waals surface area contributed by atoms with E-state index in [9.17, 15) is 4.79 Å². The fourth-order valence-corrected chi connectivity index (χ4v) is 1.95. The third-order valence-electron chi connectivity index (χ3n) is 2.83. The average molecular weight is 219 g/mol. The first-order chi connectivity index (χ1) is 7.75. The molecule has 4 heteroatoms. The number of nitrogens with one attached hydrogen (secondary N) is 1. The fraction of sp³-hybridized carbons (Fsp3) is 0.500. The minimum Gasteiger partial charge on any atom is -0.340 e. The summed E-state index contributed by atoms with van der Waals surface area (Å²) in [6.07, 6.45) is 3.93. The van der Waals surface area contributed by atoms with E-state index in [-0.39, 0.29) is 5.91 Å². The first-order valence-electron chi connectivity index (χ1n) is 5.66. The van der Waals surface area contributed by atoms with Crippen molar-refractivity contribution in [3.63, 3.8) is 0 Å². The van der Waals surface area contributed by atoms with Gasteiger partial charge in [0, 0.05) is 38.1 Å². The number of hydrogen-bond acceptors (Lipinski definition) is 3. The van der Waals surface area contributed by atoms with E-state index in [1.807, 2.05) is 17.0 Å². The minimum absolute atomic E-state index is 0.208. The molecular formula is C12H17N3O. The zero-order valence-electron chi connectivity index (χ0n) is 9.52. The topological polar surface area (TPSA) is 45.2 Å². The van der Waals surface area contributed by atoms with E-state index in [1.165, 1.54) is 0 Å². The average Bonchev–Trinajstić information content (AvgIpc) is 2.30. The van der Waals surface area contributed by atoms with Crippen LogP contribution in [0.15, 0.2) is 24.5 Å². The Bertz CT molecular complexity index is 353. The summed E-state index contributed by atoms with van der Waals surface area (Å²) in [7, 11) is 0. The van der Waals surface area contributed by atoms with Crippen LogP contribution in [0.5, 0.6) is 0 Å². The molecule has 0 unspecified atom stereocenters. The van der Waals surface area contributed by atoms with Crippen molar-refractivity contribution in [2.75, 3.05) is 19.6 Å². The van der Waals surface area contributed by atoms with Gasteiger partial charge in [-0.15, -0.1) is 0 Å². The largest absolute Gasteiger partial charge is 0.340 e. The van der Waals surface area contributed by atoms with Gasteiger partial charge in [0.05, 0.1) is 6.42 Å². The Morgan fingerprint density at radius 1 is 1.56 bits per heavy atom. The maximum Gasteiger partial charge on any atom is 0.227 e. The number of aromatic nitrogens is 1. The number of amides is 1. The lowest BCUT2D eigenvalue weighted by molar-refractivity contribution is -0.131. The van der Waals surface area contributed by atoms with Crippen molar-refractivity contribution in [3.8, 4) is 0 Å². The molecule has 0 spiro atoms. The Balaban J connectivity index is 1.93. The summed E-state index contributed by atoms with van der Waals surface area (Å²) in [4.78, 5) is 17.9. The van der Waals surface area contributed by atoms with Crippen LogP contribution < -0.4 is 5.32 Å². The Morgan fingerprint density at radius 3 is 3.00 bits per heavy atom. The number of hydrogen-bond donors (Lipinski definition) is 1. The van der Waals surface area contributed by atoms with Gasteiger partial charge in [0.2, 0.25) is 5.91 Å². The van der Waals surface area contributed by atoms with Gasteiger partial charge in [0.15, 0.2) is 0 Å². The Morgan fingerprint density at radius 2 is 2.31 bits per heavy atom. The summed E-state index contributed by atoms with van der Waals surface area (Å²) in [6.45, 7) is 4.62. The van der Waals surface area contributed by atoms with Crippen LogP contribution in [-0.2, 0) is 11.2 Å². The fourth-order valence-electron chi connectivity index (χ4n) is 1.95. The second-order valence-electron chi connectivity index (χ2n) is 4.23. The molecule has 86 valence electrons. The number of carbonyl (C=O) groups excluding carboxylic acids is 1. The van der Waals surface area contributed by atoms with Gasteiger partial charge in [0.1, 0.15) is 0 Å². The molecular weight excluding hydrogens is 202 g/mol. The molecule has 1 aliphatic rings. The third kappa shape index (κ3) is 2.79. The molecule has 0 aromatic carbocycles. The van der Waals surface area contributed by atoms with E-state index in [0.717, 1.165) is 25.2 Å². The van der Waals surface area contributed by atoms with Gasteiger partial charge in [0.25, 0.3) is 0 Å². The van der Waals surface area contributed by atoms with Crippen LogP contribution in [0.2, 0.25) is 0 Å². The first kappa shape index (κ1) is 11.1. The molecule has 1 aromatic rings. The SMILES string of the molecule is C[C@@H]1CN(C(=O)Cc2ccncc2)CCN1. The quantitative estimate of drug-likeness (QED) is 0.785. The maximum atomic E-state index is 12.0. The van der Waals surface area contributed by atoms with Crippen LogP contribution in [-0.4, -0.2) is 41.5 Å². The number of nitrogens with zero attached hydrogens (tertiary/aromatic N) is 2. The lowest BCUT2D eigenvalue weighted by Crippen LogP contribution is -2.51. The first-order valence-corrected chi connectivity index (χ1v) is 5.66. The van der Waals surface area contributed by atoms with Gasteiger partial charge in [-0.25, -0.2) is 0 Å². The summed E-state index contributed by atoms with van der Waals surface area (Å²) in [5.74, 6) is 0.208. The highest BCUT2D eigenvalue weighted by molar-refractivity contribution is 5.78. The van der Waals surface area contributed by atoms with Gasteiger partial charge < -0.3 is 10.2 Å². The predicted octanol–water partition coefficient (Wildman–Crippen LogP) is 0.444. The van der Waals surface area contributed by atoms with Gasteiger partial charge >= 0.3 is 0 Å². The summed E-state index contributed by atoms with van der Waals surface area (Å²) >= 11 is 0. The van der Waals surface area contributed by atoms with Crippen molar-refractivity contribution in [2.45, 2.75) is 19.4 Å². The highest BCUT2D eigenvalue weighted by atomic mass is 16.2. The predicted molar refractivity (Wildman–Crippen MR) is 62.0 cm³/mol. The lowest BCUT2D eigenvalue weighted by Gasteiger charge is -2.32. The monoisotopic (exact) mass is 219 g/mol. The summed E-state index contributed by atoms with van der Waals surface area (Å²) in [6, 6.07) is 4.18. The molecule has 1 atom stereocenters. The normalized spacial score (nSPS) is 20.8. The van der Waals surface area contributed by atoms with Gasteiger partial charge in [-0.05, 0) is 24.6 Å². The molecule has 1 fully saturated rings. The molecule has 1 saturated heterocycles. The Labute approximate surface area is 95.7 Å². The number of pyridine rings is 1. The summed E-state index contributed by atoms with van der Waals surface area (Å²) < 4.78 is 0. The molecule has 1 amide bonds. The minimum atomic E-state index is 0.208. The van der Waals surface area contributed by atoms with E-state index in [4.69, 9.17) is 0 Å². The van der Waals surface area contributed by atoms with Crippen molar-refractivity contribution < 1.29 is 4.79 Å². The molecule has 0 radical (unpaired) electrons. The Kier molecular flexibility index (Phi) is 3.51. The van der Waals surface area contributed by atoms with Crippen molar-refractivity contribution in [3.05, 3.63) is 30.1 Å². The standard InChI is InChI=1S/C12H17N3O/c1-10-9-15(7-6-14-10)12(16)8-11-2-4-13-5-3-11/h2-5,10,14H,6-9H2,1H3/t10-/m1/s1. The summed E-state index contributed by atoms with van der Waals surface area (Å²) in [5, 5.41) is 3.33. The van der Waals surface area contributed by atoms with E-state index >= 15 is 0 Å². The molecule has 0 bridgehead atoms. The molecule has 1 aliphatic heterocycles. The number of carbonyl (C=O) groups is 1. The molecule has 0 saturated carbocycles. The van der Waals surface area contributed by atoms with Crippen molar-refractivity contribution in [2.24, 2.45) is 0 Å². The van der Waals surface area contributed by atoms with E-state index in [0.29, 0.717) is 12.5 Å². The Hall–Kier alpha value is -1.42. The van der Waals surface area contributed by atoms with Crippen LogP contribution >= 0.6 is 0 Å². The van der Waals surface area contributed by atoms with E-state index in [2.05, 4.69) is 17.2 Å². The van der Waals surface area contributed by atoms with Crippen molar-refractivity contribution >= 4 is 5.91 Å². The molecule has 4 nitrogen and oxygen atoms in total. The van der Waals surface area contributed by atoms with Gasteiger partial charge in [-0.3, -0.25) is 9.78 Å². The second kappa shape index (κ2) is 5.07.